The van der Waals surface area contributed by atoms with Gasteiger partial charge in [0.15, 0.2) is 5.75 Å². The Morgan fingerprint density at radius 1 is 1.39 bits per heavy atom. The van der Waals surface area contributed by atoms with E-state index in [0.717, 1.165) is 12.3 Å². The Hall–Kier alpha value is -1.29. The number of halogens is 4. The molecule has 2 aromatic rings. The van der Waals surface area contributed by atoms with Gasteiger partial charge in [0.2, 0.25) is 0 Å². The van der Waals surface area contributed by atoms with Crippen LogP contribution in [0.5, 0.6) is 5.75 Å². The minimum absolute atomic E-state index is 0.356. The molecule has 0 saturated carbocycles. The second-order valence-electron chi connectivity index (χ2n) is 3.17. The maximum atomic E-state index is 12.1. The first kappa shape index (κ1) is 13.1. The van der Waals surface area contributed by atoms with E-state index >= 15 is 0 Å². The fourth-order valence-corrected chi connectivity index (χ4v) is 2.16. The van der Waals surface area contributed by atoms with Gasteiger partial charge in [-0.2, -0.15) is 26.7 Å². The first-order valence-electron chi connectivity index (χ1n) is 4.34. The van der Waals surface area contributed by atoms with Gasteiger partial charge < -0.3 is 4.18 Å². The fourth-order valence-electron chi connectivity index (χ4n) is 1.18. The third-order valence-electron chi connectivity index (χ3n) is 1.92. The van der Waals surface area contributed by atoms with Crippen molar-refractivity contribution >= 4 is 31.6 Å². The summed E-state index contributed by atoms with van der Waals surface area (Å²) >= 11 is 3.07. The van der Waals surface area contributed by atoms with E-state index in [4.69, 9.17) is 0 Å². The second-order valence-corrected chi connectivity index (χ2v) is 5.56. The van der Waals surface area contributed by atoms with Gasteiger partial charge in [-0.1, -0.05) is 0 Å². The lowest BCUT2D eigenvalue weighted by Gasteiger charge is -2.10. The second kappa shape index (κ2) is 4.12. The lowest BCUT2D eigenvalue weighted by molar-refractivity contribution is -0.0500. The smallest absolute Gasteiger partial charge is 0.374 e. The summed E-state index contributed by atoms with van der Waals surface area (Å²) in [6.07, 6.45) is 2.44. The zero-order valence-electron chi connectivity index (χ0n) is 8.35. The van der Waals surface area contributed by atoms with Gasteiger partial charge in [0, 0.05) is 4.47 Å². The summed E-state index contributed by atoms with van der Waals surface area (Å²) in [5, 5.41) is 3.76. The number of hydrogen-bond acceptors (Lipinski definition) is 4. The summed E-state index contributed by atoms with van der Waals surface area (Å²) < 4.78 is 63.5. The zero-order valence-corrected chi connectivity index (χ0v) is 10.8. The molecule has 0 atom stereocenters. The molecular formula is C8H4BrF3N2O3S. The first-order valence-corrected chi connectivity index (χ1v) is 6.54. The molecule has 0 unspecified atom stereocenters. The molecule has 2 aromatic heterocycles. The van der Waals surface area contributed by atoms with Crippen molar-refractivity contribution in [3.8, 4) is 5.75 Å². The van der Waals surface area contributed by atoms with Gasteiger partial charge in [0.25, 0.3) is 0 Å². The van der Waals surface area contributed by atoms with E-state index in [1.165, 1.54) is 10.7 Å². The highest BCUT2D eigenvalue weighted by atomic mass is 79.9. The summed E-state index contributed by atoms with van der Waals surface area (Å²) in [5.41, 5.74) is -4.91. The van der Waals surface area contributed by atoms with Crippen molar-refractivity contribution in [3.63, 3.8) is 0 Å². The molecule has 2 rings (SSSR count). The quantitative estimate of drug-likeness (QED) is 0.619. The fraction of sp³-hybridized carbons (Fsp3) is 0.125. The highest BCUT2D eigenvalue weighted by Crippen LogP contribution is 2.29. The van der Waals surface area contributed by atoms with Crippen molar-refractivity contribution in [2.75, 3.05) is 0 Å². The number of aromatic nitrogens is 2. The van der Waals surface area contributed by atoms with Crippen molar-refractivity contribution < 1.29 is 25.8 Å². The van der Waals surface area contributed by atoms with Gasteiger partial charge in [-0.15, -0.1) is 0 Å². The van der Waals surface area contributed by atoms with Crippen LogP contribution in [0.15, 0.2) is 29.0 Å². The van der Waals surface area contributed by atoms with Crippen LogP contribution in [0.25, 0.3) is 5.52 Å². The third kappa shape index (κ3) is 2.29. The number of alkyl halides is 3. The van der Waals surface area contributed by atoms with Gasteiger partial charge in [0.1, 0.15) is 0 Å². The molecule has 0 aliphatic heterocycles. The summed E-state index contributed by atoms with van der Waals surface area (Å²) in [4.78, 5) is 0. The van der Waals surface area contributed by atoms with E-state index in [1.54, 1.807) is 6.07 Å². The summed E-state index contributed by atoms with van der Waals surface area (Å²) in [7, 11) is -5.68. The van der Waals surface area contributed by atoms with Gasteiger partial charge in [-0.3, -0.25) is 0 Å². The van der Waals surface area contributed by atoms with Crippen LogP contribution in [0.3, 0.4) is 0 Å². The van der Waals surface area contributed by atoms with E-state index in [-0.39, 0.29) is 0 Å². The average Bonchev–Trinajstić information content (AvgIpc) is 2.63. The lowest BCUT2D eigenvalue weighted by Crippen LogP contribution is -2.28. The maximum absolute atomic E-state index is 12.1. The molecule has 0 aromatic carbocycles. The van der Waals surface area contributed by atoms with E-state index in [0.29, 0.717) is 9.99 Å². The van der Waals surface area contributed by atoms with Crippen LogP contribution in [-0.4, -0.2) is 23.5 Å². The molecule has 0 spiro atoms. The number of hydrogen-bond donors (Lipinski definition) is 0. The van der Waals surface area contributed by atoms with Gasteiger partial charge in [0.05, 0.1) is 17.9 Å². The Labute approximate surface area is 107 Å². The maximum Gasteiger partial charge on any atom is 0.534 e. The minimum Gasteiger partial charge on any atom is -0.374 e. The third-order valence-corrected chi connectivity index (χ3v) is 3.54. The van der Waals surface area contributed by atoms with Crippen LogP contribution >= 0.6 is 15.9 Å². The van der Waals surface area contributed by atoms with E-state index < -0.39 is 21.4 Å². The van der Waals surface area contributed by atoms with Crippen LogP contribution < -0.4 is 4.18 Å². The minimum atomic E-state index is -5.68. The highest BCUT2D eigenvalue weighted by Gasteiger charge is 2.48. The number of fused-ring (bicyclic) bond motifs is 1. The lowest BCUT2D eigenvalue weighted by atomic mass is 10.4. The van der Waals surface area contributed by atoms with Crippen molar-refractivity contribution in [2.45, 2.75) is 5.51 Å². The molecule has 0 fully saturated rings. The largest absolute Gasteiger partial charge is 0.534 e. The van der Waals surface area contributed by atoms with Crippen molar-refractivity contribution in [1.82, 2.24) is 9.61 Å². The zero-order chi connectivity index (χ0) is 13.6. The van der Waals surface area contributed by atoms with Crippen molar-refractivity contribution in [2.24, 2.45) is 0 Å². The standard InChI is InChI=1S/C8H4BrF3N2O3S/c9-6-3-5(4-14-7(6)1-2-13-14)17-18(15,16)8(10,11)12/h1-4H. The molecule has 10 heteroatoms. The molecule has 5 nitrogen and oxygen atoms in total. The molecule has 98 valence electrons. The summed E-state index contributed by atoms with van der Waals surface area (Å²) in [5.74, 6) is -0.490. The van der Waals surface area contributed by atoms with E-state index in [9.17, 15) is 21.6 Å². The van der Waals surface area contributed by atoms with Crippen LogP contribution in [0.1, 0.15) is 0 Å². The predicted octanol–water partition coefficient (Wildman–Crippen LogP) is 2.33. The normalized spacial score (nSPS) is 12.9. The summed E-state index contributed by atoms with van der Waals surface area (Å²) in [6, 6.07) is 2.70. The summed E-state index contributed by atoms with van der Waals surface area (Å²) in [6.45, 7) is 0. The number of rotatable bonds is 2. The van der Waals surface area contributed by atoms with Crippen LogP contribution in [0, 0.1) is 0 Å². The number of nitrogens with zero attached hydrogens (tertiary/aromatic N) is 2. The molecule has 0 N–H and O–H groups in total. The van der Waals surface area contributed by atoms with Crippen LogP contribution in [0.2, 0.25) is 0 Å². The Bertz CT molecular complexity index is 695. The number of pyridine rings is 1. The molecule has 0 radical (unpaired) electrons. The Kier molecular flexibility index (Phi) is 3.01. The topological polar surface area (TPSA) is 60.7 Å². The van der Waals surface area contributed by atoms with Crippen LogP contribution in [0.4, 0.5) is 13.2 Å². The van der Waals surface area contributed by atoms with Crippen molar-refractivity contribution in [3.05, 3.63) is 29.0 Å². The predicted molar refractivity (Wildman–Crippen MR) is 58.5 cm³/mol. The Morgan fingerprint density at radius 2 is 2.06 bits per heavy atom. The SMILES string of the molecule is O=S(=O)(Oc1cc(Br)c2ccnn2c1)C(F)(F)F. The molecule has 18 heavy (non-hydrogen) atoms. The average molecular weight is 345 g/mol. The van der Waals surface area contributed by atoms with Crippen molar-refractivity contribution in [1.29, 1.82) is 0 Å². The molecular weight excluding hydrogens is 341 g/mol. The molecule has 2 heterocycles. The van der Waals surface area contributed by atoms with Crippen LogP contribution in [-0.2, 0) is 10.1 Å². The highest BCUT2D eigenvalue weighted by molar-refractivity contribution is 9.10. The van der Waals surface area contributed by atoms with Gasteiger partial charge in [-0.05, 0) is 28.1 Å². The monoisotopic (exact) mass is 344 g/mol. The Morgan fingerprint density at radius 3 is 2.67 bits per heavy atom. The Balaban J connectivity index is 2.45. The molecule has 0 amide bonds. The van der Waals surface area contributed by atoms with Gasteiger partial charge >= 0.3 is 15.6 Å². The molecule has 0 saturated heterocycles. The van der Waals surface area contributed by atoms with Gasteiger partial charge in [-0.25, -0.2) is 4.52 Å². The first-order chi connectivity index (χ1) is 8.21. The molecule has 0 aliphatic rings. The molecule has 0 aliphatic carbocycles. The molecule has 0 bridgehead atoms. The van der Waals surface area contributed by atoms with E-state index in [1.807, 2.05) is 0 Å². The van der Waals surface area contributed by atoms with E-state index in [2.05, 4.69) is 25.2 Å².